The van der Waals surface area contributed by atoms with Crippen LogP contribution >= 0.6 is 0 Å². The summed E-state index contributed by atoms with van der Waals surface area (Å²) in [4.78, 5) is 14.1. The Morgan fingerprint density at radius 1 is 1.20 bits per heavy atom. The molecule has 20 heavy (non-hydrogen) atoms. The number of rotatable bonds is 2. The van der Waals surface area contributed by atoms with Crippen molar-refractivity contribution in [1.82, 2.24) is 4.90 Å². The van der Waals surface area contributed by atoms with Gasteiger partial charge in [-0.2, -0.15) is 0 Å². The summed E-state index contributed by atoms with van der Waals surface area (Å²) in [5.41, 5.74) is 1.67. The Kier molecular flexibility index (Phi) is 3.78. The Morgan fingerprint density at radius 2 is 1.90 bits per heavy atom. The summed E-state index contributed by atoms with van der Waals surface area (Å²) in [6.45, 7) is 2.51. The van der Waals surface area contributed by atoms with Crippen LogP contribution in [0, 0.1) is 0 Å². The molecule has 0 bridgehead atoms. The van der Waals surface area contributed by atoms with Crippen LogP contribution in [0.1, 0.15) is 12.0 Å². The molecule has 0 N–H and O–H groups in total. The number of nitrogens with zero attached hydrogens (tertiary/aromatic N) is 1. The second kappa shape index (κ2) is 5.71. The zero-order valence-corrected chi connectivity index (χ0v) is 11.2. The third kappa shape index (κ3) is 2.73. The molecule has 1 unspecified atom stereocenters. The Hall–Kier alpha value is -1.75. The Labute approximate surface area is 119 Å². The van der Waals surface area contributed by atoms with Crippen molar-refractivity contribution in [3.63, 3.8) is 0 Å². The smallest absolute Gasteiger partial charge is 0.264 e. The minimum atomic E-state index is -0.402. The molecule has 2 aliphatic rings. The number of benzene rings is 1. The molecule has 1 aromatic carbocycles. The van der Waals surface area contributed by atoms with Crippen molar-refractivity contribution in [2.75, 3.05) is 26.3 Å². The van der Waals surface area contributed by atoms with Crippen molar-refractivity contribution in [2.24, 2.45) is 0 Å². The van der Waals surface area contributed by atoms with Crippen LogP contribution < -0.4 is 5.46 Å². The number of carbonyl (C=O) groups is 1. The molecule has 5 heteroatoms. The molecule has 1 atom stereocenters. The molecule has 0 aromatic heterocycles. The van der Waals surface area contributed by atoms with Crippen molar-refractivity contribution < 1.29 is 14.3 Å². The Balaban J connectivity index is 1.63. The van der Waals surface area contributed by atoms with Crippen molar-refractivity contribution in [3.8, 4) is 0 Å². The van der Waals surface area contributed by atoms with Gasteiger partial charge < -0.3 is 14.4 Å². The molecular formula is C15H16BNO3. The molecule has 4 nitrogen and oxygen atoms in total. The normalized spacial score (nSPS) is 22.3. The standard InChI is InChI=1S/C15H16BNO3/c16-12-3-1-11(2-4-12)13-5-6-14(20-13)15(18)17-7-9-19-10-8-17/h1-5,14H,6-10H2. The van der Waals surface area contributed by atoms with Gasteiger partial charge in [-0.1, -0.05) is 29.7 Å². The van der Waals surface area contributed by atoms with Gasteiger partial charge in [-0.3, -0.25) is 4.79 Å². The molecule has 1 amide bonds. The quantitative estimate of drug-likeness (QED) is 0.732. The molecule has 102 valence electrons. The van der Waals surface area contributed by atoms with Gasteiger partial charge >= 0.3 is 0 Å². The van der Waals surface area contributed by atoms with E-state index < -0.39 is 6.10 Å². The van der Waals surface area contributed by atoms with Crippen LogP contribution in [0.25, 0.3) is 5.76 Å². The number of hydrogen-bond donors (Lipinski definition) is 0. The van der Waals surface area contributed by atoms with Crippen molar-refractivity contribution in [3.05, 3.63) is 35.9 Å². The van der Waals surface area contributed by atoms with E-state index in [0.29, 0.717) is 38.2 Å². The number of morpholine rings is 1. The molecule has 2 heterocycles. The summed E-state index contributed by atoms with van der Waals surface area (Å²) in [6, 6.07) is 7.47. The second-order valence-corrected chi connectivity index (χ2v) is 4.97. The van der Waals surface area contributed by atoms with Gasteiger partial charge in [-0.05, 0) is 6.08 Å². The molecule has 1 aromatic rings. The first-order valence-corrected chi connectivity index (χ1v) is 6.83. The summed E-state index contributed by atoms with van der Waals surface area (Å²) in [5.74, 6) is 0.812. The van der Waals surface area contributed by atoms with Crippen molar-refractivity contribution in [1.29, 1.82) is 0 Å². The van der Waals surface area contributed by atoms with Crippen LogP contribution in [-0.4, -0.2) is 51.1 Å². The van der Waals surface area contributed by atoms with Gasteiger partial charge in [0.05, 0.1) is 13.2 Å². The third-order valence-electron chi connectivity index (χ3n) is 3.58. The van der Waals surface area contributed by atoms with Crippen LogP contribution in [-0.2, 0) is 14.3 Å². The highest BCUT2D eigenvalue weighted by molar-refractivity contribution is 6.32. The van der Waals surface area contributed by atoms with Crippen LogP contribution in [0.5, 0.6) is 0 Å². The summed E-state index contributed by atoms with van der Waals surface area (Å²) in [5, 5.41) is 0. The average Bonchev–Trinajstić information content (AvgIpc) is 2.98. The highest BCUT2D eigenvalue weighted by Gasteiger charge is 2.30. The van der Waals surface area contributed by atoms with Gasteiger partial charge in [-0.25, -0.2) is 0 Å². The minimum Gasteiger partial charge on any atom is -0.480 e. The Morgan fingerprint density at radius 3 is 2.60 bits per heavy atom. The van der Waals surface area contributed by atoms with Crippen LogP contribution in [0.3, 0.4) is 0 Å². The highest BCUT2D eigenvalue weighted by atomic mass is 16.5. The predicted octanol–water partition coefficient (Wildman–Crippen LogP) is 0.469. The first-order chi connectivity index (χ1) is 9.74. The third-order valence-corrected chi connectivity index (χ3v) is 3.58. The van der Waals surface area contributed by atoms with Gasteiger partial charge in [0.1, 0.15) is 13.6 Å². The lowest BCUT2D eigenvalue weighted by Gasteiger charge is -2.29. The van der Waals surface area contributed by atoms with E-state index in [0.717, 1.165) is 11.3 Å². The van der Waals surface area contributed by atoms with Gasteiger partial charge in [0.25, 0.3) is 5.91 Å². The van der Waals surface area contributed by atoms with E-state index in [4.69, 9.17) is 17.3 Å². The second-order valence-electron chi connectivity index (χ2n) is 4.97. The summed E-state index contributed by atoms with van der Waals surface area (Å²) in [7, 11) is 5.67. The lowest BCUT2D eigenvalue weighted by Crippen LogP contribution is -2.45. The summed E-state index contributed by atoms with van der Waals surface area (Å²) < 4.78 is 11.0. The molecule has 0 saturated carbocycles. The monoisotopic (exact) mass is 269 g/mol. The van der Waals surface area contributed by atoms with Crippen molar-refractivity contribution >= 4 is 25.0 Å². The summed E-state index contributed by atoms with van der Waals surface area (Å²) in [6.07, 6.45) is 2.19. The fraction of sp³-hybridized carbons (Fsp3) is 0.400. The molecule has 0 spiro atoms. The van der Waals surface area contributed by atoms with Gasteiger partial charge in [-0.15, -0.1) is 0 Å². The van der Waals surface area contributed by atoms with Crippen LogP contribution in [0.15, 0.2) is 30.3 Å². The maximum absolute atomic E-state index is 12.3. The minimum absolute atomic E-state index is 0.0509. The van der Waals surface area contributed by atoms with Gasteiger partial charge in [0, 0.05) is 25.1 Å². The summed E-state index contributed by atoms with van der Waals surface area (Å²) >= 11 is 0. The van der Waals surface area contributed by atoms with Crippen LogP contribution in [0.2, 0.25) is 0 Å². The predicted molar refractivity (Wildman–Crippen MR) is 76.7 cm³/mol. The fourth-order valence-corrected chi connectivity index (χ4v) is 2.44. The SMILES string of the molecule is [B]c1ccc(C2=CCC(C(=O)N3CCOCC3)O2)cc1. The lowest BCUT2D eigenvalue weighted by atomic mass is 9.95. The molecule has 2 aliphatic heterocycles. The highest BCUT2D eigenvalue weighted by Crippen LogP contribution is 2.27. The lowest BCUT2D eigenvalue weighted by molar-refractivity contribution is -0.143. The molecule has 2 radical (unpaired) electrons. The maximum atomic E-state index is 12.3. The largest absolute Gasteiger partial charge is 0.480 e. The number of amides is 1. The zero-order chi connectivity index (χ0) is 13.9. The molecule has 1 saturated heterocycles. The molecule has 3 rings (SSSR count). The van der Waals surface area contributed by atoms with E-state index in [2.05, 4.69) is 0 Å². The van der Waals surface area contributed by atoms with Gasteiger partial charge in [0.15, 0.2) is 6.10 Å². The topological polar surface area (TPSA) is 38.8 Å². The molecular weight excluding hydrogens is 253 g/mol. The van der Waals surface area contributed by atoms with Crippen LogP contribution in [0.4, 0.5) is 0 Å². The Bertz CT molecular complexity index is 520. The van der Waals surface area contributed by atoms with E-state index in [1.165, 1.54) is 0 Å². The number of ether oxygens (including phenoxy) is 2. The van der Waals surface area contributed by atoms with E-state index in [1.54, 1.807) is 0 Å². The van der Waals surface area contributed by atoms with E-state index >= 15 is 0 Å². The molecule has 1 fully saturated rings. The molecule has 0 aliphatic carbocycles. The fourth-order valence-electron chi connectivity index (χ4n) is 2.44. The van der Waals surface area contributed by atoms with E-state index in [1.807, 2.05) is 35.2 Å². The maximum Gasteiger partial charge on any atom is 0.264 e. The number of carbonyl (C=O) groups excluding carboxylic acids is 1. The van der Waals surface area contributed by atoms with E-state index in [9.17, 15) is 4.79 Å². The average molecular weight is 269 g/mol. The number of hydrogen-bond acceptors (Lipinski definition) is 3. The first-order valence-electron chi connectivity index (χ1n) is 6.83. The first kappa shape index (κ1) is 13.2. The van der Waals surface area contributed by atoms with E-state index in [-0.39, 0.29) is 5.91 Å². The zero-order valence-electron chi connectivity index (χ0n) is 11.2. The van der Waals surface area contributed by atoms with Crippen molar-refractivity contribution in [2.45, 2.75) is 12.5 Å². The van der Waals surface area contributed by atoms with Gasteiger partial charge in [0.2, 0.25) is 0 Å².